The molecule has 3 heterocycles. The Bertz CT molecular complexity index is 1250. The van der Waals surface area contributed by atoms with Gasteiger partial charge in [-0.1, -0.05) is 0 Å². The van der Waals surface area contributed by atoms with E-state index >= 15 is 0 Å². The number of benzene rings is 1. The minimum Gasteiger partial charge on any atom is -0.477 e. The van der Waals surface area contributed by atoms with E-state index in [2.05, 4.69) is 9.97 Å². The highest BCUT2D eigenvalue weighted by Crippen LogP contribution is 2.39. The van der Waals surface area contributed by atoms with Crippen molar-refractivity contribution in [1.29, 1.82) is 0 Å². The summed E-state index contributed by atoms with van der Waals surface area (Å²) in [5, 5.41) is 9.35. The summed E-state index contributed by atoms with van der Waals surface area (Å²) in [5.74, 6) is -1.24. The van der Waals surface area contributed by atoms with Crippen molar-refractivity contribution in [3.8, 4) is 11.6 Å². The molecule has 2 N–H and O–H groups in total. The first kappa shape index (κ1) is 14.9. The fourth-order valence-corrected chi connectivity index (χ4v) is 3.29. The van der Waals surface area contributed by atoms with E-state index in [4.69, 9.17) is 4.42 Å². The smallest absolute Gasteiger partial charge is 0.341 e. The lowest BCUT2D eigenvalue weighted by Gasteiger charge is -2.12. The predicted octanol–water partition coefficient (Wildman–Crippen LogP) is 3.31. The lowest BCUT2D eigenvalue weighted by atomic mass is 10.1. The number of aromatic carboxylic acids is 1. The number of nitrogens with zero attached hydrogens (tertiary/aromatic N) is 2. The minimum atomic E-state index is -1.33. The highest BCUT2D eigenvalue weighted by molar-refractivity contribution is 6.05. The van der Waals surface area contributed by atoms with Crippen molar-refractivity contribution in [2.75, 3.05) is 0 Å². The molecular weight excluding hydrogens is 341 g/mol. The molecule has 1 aliphatic carbocycles. The number of pyridine rings is 1. The van der Waals surface area contributed by atoms with Crippen molar-refractivity contribution in [2.24, 2.45) is 0 Å². The molecule has 8 heteroatoms. The van der Waals surface area contributed by atoms with E-state index in [9.17, 15) is 19.1 Å². The molecule has 0 bridgehead atoms. The minimum absolute atomic E-state index is 0.0245. The van der Waals surface area contributed by atoms with E-state index in [-0.39, 0.29) is 22.5 Å². The van der Waals surface area contributed by atoms with Crippen molar-refractivity contribution in [3.63, 3.8) is 0 Å². The lowest BCUT2D eigenvalue weighted by Crippen LogP contribution is -2.19. The molecule has 0 saturated heterocycles. The highest BCUT2D eigenvalue weighted by atomic mass is 19.1. The van der Waals surface area contributed by atoms with Crippen molar-refractivity contribution in [1.82, 2.24) is 14.5 Å². The second kappa shape index (κ2) is 5.04. The number of furan rings is 1. The zero-order valence-electron chi connectivity index (χ0n) is 13.3. The molecule has 0 radical (unpaired) electrons. The van der Waals surface area contributed by atoms with E-state index in [0.717, 1.165) is 18.9 Å². The van der Waals surface area contributed by atoms with Gasteiger partial charge in [0.25, 0.3) is 0 Å². The van der Waals surface area contributed by atoms with Crippen LogP contribution in [0.1, 0.15) is 29.2 Å². The van der Waals surface area contributed by atoms with Gasteiger partial charge in [-0.15, -0.1) is 0 Å². The second-order valence-electron chi connectivity index (χ2n) is 6.36. The van der Waals surface area contributed by atoms with Gasteiger partial charge in [-0.05, 0) is 31.0 Å². The van der Waals surface area contributed by atoms with Crippen LogP contribution in [-0.4, -0.2) is 25.6 Å². The molecule has 130 valence electrons. The second-order valence-corrected chi connectivity index (χ2v) is 6.36. The molecule has 0 amide bonds. The number of carboxylic acids is 1. The van der Waals surface area contributed by atoms with Gasteiger partial charge in [-0.2, -0.15) is 0 Å². The Hall–Kier alpha value is -3.42. The third-order valence-corrected chi connectivity index (χ3v) is 4.63. The van der Waals surface area contributed by atoms with E-state index in [0.29, 0.717) is 22.6 Å². The number of aromatic amines is 1. The molecule has 0 atom stereocenters. The van der Waals surface area contributed by atoms with Gasteiger partial charge in [-0.25, -0.2) is 14.2 Å². The number of imidazole rings is 1. The first-order chi connectivity index (χ1) is 12.5. The van der Waals surface area contributed by atoms with Crippen LogP contribution in [0.4, 0.5) is 4.39 Å². The molecule has 0 unspecified atom stereocenters. The van der Waals surface area contributed by atoms with Crippen molar-refractivity contribution in [2.45, 2.75) is 18.9 Å². The lowest BCUT2D eigenvalue weighted by molar-refractivity contribution is 0.0695. The highest BCUT2D eigenvalue weighted by Gasteiger charge is 2.29. The van der Waals surface area contributed by atoms with Gasteiger partial charge in [0.05, 0.1) is 22.7 Å². The zero-order chi connectivity index (χ0) is 18.0. The Balaban J connectivity index is 1.94. The number of fused-ring (bicyclic) bond motifs is 3. The van der Waals surface area contributed by atoms with Gasteiger partial charge in [0.2, 0.25) is 5.43 Å². The first-order valence-corrected chi connectivity index (χ1v) is 8.09. The van der Waals surface area contributed by atoms with Crippen molar-refractivity contribution >= 4 is 27.9 Å². The molecule has 5 rings (SSSR count). The van der Waals surface area contributed by atoms with Crippen LogP contribution in [0.25, 0.3) is 33.5 Å². The van der Waals surface area contributed by atoms with Crippen LogP contribution in [0.2, 0.25) is 0 Å². The van der Waals surface area contributed by atoms with Crippen LogP contribution in [0.3, 0.4) is 0 Å². The standard InChI is InChI=1S/C18H12FN3O4/c19-11-6-9-15(14-13(11)20-17(21-14)12-2-1-5-26-12)22(8-3-4-8)7-10(16(9)23)18(24)25/h1-2,5-8H,3-4H2,(H,20,21)(H,24,25). The predicted molar refractivity (Wildman–Crippen MR) is 90.8 cm³/mol. The number of hydrogen-bond donors (Lipinski definition) is 2. The maximum Gasteiger partial charge on any atom is 0.341 e. The summed E-state index contributed by atoms with van der Waals surface area (Å²) in [5.41, 5.74) is -0.175. The summed E-state index contributed by atoms with van der Waals surface area (Å²) in [6.45, 7) is 0. The summed E-state index contributed by atoms with van der Waals surface area (Å²) < 4.78 is 21.7. The fraction of sp³-hybridized carbons (Fsp3) is 0.167. The maximum atomic E-state index is 14.6. The molecular formula is C18H12FN3O4. The number of hydrogen-bond acceptors (Lipinski definition) is 4. The van der Waals surface area contributed by atoms with E-state index in [1.807, 2.05) is 0 Å². The van der Waals surface area contributed by atoms with Gasteiger partial charge in [0, 0.05) is 12.2 Å². The van der Waals surface area contributed by atoms with Gasteiger partial charge in [-0.3, -0.25) is 4.79 Å². The van der Waals surface area contributed by atoms with Crippen LogP contribution < -0.4 is 5.43 Å². The van der Waals surface area contributed by atoms with Gasteiger partial charge in [0.1, 0.15) is 11.1 Å². The summed E-state index contributed by atoms with van der Waals surface area (Å²) >= 11 is 0. The topological polar surface area (TPSA) is 101 Å². The number of H-pyrrole nitrogens is 1. The van der Waals surface area contributed by atoms with Crippen LogP contribution in [0.5, 0.6) is 0 Å². The number of rotatable bonds is 3. The number of carboxylic acid groups (broad SMARTS) is 1. The molecule has 26 heavy (non-hydrogen) atoms. The van der Waals surface area contributed by atoms with Crippen LogP contribution in [0.15, 0.2) is 39.9 Å². The fourth-order valence-electron chi connectivity index (χ4n) is 3.29. The van der Waals surface area contributed by atoms with Crippen molar-refractivity contribution < 1.29 is 18.7 Å². The molecule has 3 aromatic heterocycles. The molecule has 1 saturated carbocycles. The van der Waals surface area contributed by atoms with E-state index < -0.39 is 17.2 Å². The normalized spacial score (nSPS) is 14.3. The molecule has 0 spiro atoms. The zero-order valence-corrected chi connectivity index (χ0v) is 13.3. The summed E-state index contributed by atoms with van der Waals surface area (Å²) in [4.78, 5) is 31.3. The SMILES string of the molecule is O=C(O)c1cn(C2CC2)c2c(cc(F)c3nc(-c4ccco4)[nH]c32)c1=O. The van der Waals surface area contributed by atoms with Gasteiger partial charge >= 0.3 is 5.97 Å². The van der Waals surface area contributed by atoms with Crippen LogP contribution in [-0.2, 0) is 0 Å². The monoisotopic (exact) mass is 353 g/mol. The number of aromatic nitrogens is 3. The Kier molecular flexibility index (Phi) is 2.89. The third-order valence-electron chi connectivity index (χ3n) is 4.63. The molecule has 4 aromatic rings. The van der Waals surface area contributed by atoms with Crippen molar-refractivity contribution in [3.05, 3.63) is 52.3 Å². The summed E-state index contributed by atoms with van der Waals surface area (Å²) in [6, 6.07) is 4.53. The third kappa shape index (κ3) is 2.01. The Morgan fingerprint density at radius 2 is 2.23 bits per heavy atom. The number of carbonyl (C=O) groups is 1. The quantitative estimate of drug-likeness (QED) is 0.588. The van der Waals surface area contributed by atoms with Gasteiger partial charge < -0.3 is 19.1 Å². The molecule has 1 fully saturated rings. The Labute approximate surface area is 144 Å². The molecule has 1 aliphatic rings. The van der Waals surface area contributed by atoms with E-state index in [1.54, 1.807) is 16.7 Å². The summed E-state index contributed by atoms with van der Waals surface area (Å²) in [7, 11) is 0. The average molecular weight is 353 g/mol. The maximum absolute atomic E-state index is 14.6. The molecule has 7 nitrogen and oxygen atoms in total. The van der Waals surface area contributed by atoms with Gasteiger partial charge in [0.15, 0.2) is 17.4 Å². The Morgan fingerprint density at radius 1 is 1.42 bits per heavy atom. The number of nitrogens with one attached hydrogen (secondary N) is 1. The van der Waals surface area contributed by atoms with Crippen LogP contribution >= 0.6 is 0 Å². The first-order valence-electron chi connectivity index (χ1n) is 8.09. The average Bonchev–Trinajstić information content (AvgIpc) is 3.12. The summed E-state index contributed by atoms with van der Waals surface area (Å²) in [6.07, 6.45) is 4.57. The molecule has 1 aromatic carbocycles. The Morgan fingerprint density at radius 3 is 2.88 bits per heavy atom. The molecule has 0 aliphatic heterocycles. The number of halogens is 1. The van der Waals surface area contributed by atoms with E-state index in [1.165, 1.54) is 12.5 Å². The largest absolute Gasteiger partial charge is 0.477 e. The van der Waals surface area contributed by atoms with Crippen LogP contribution in [0, 0.1) is 5.82 Å².